The predicted octanol–water partition coefficient (Wildman–Crippen LogP) is 0.937. The molecule has 1 aliphatic rings. The summed E-state index contributed by atoms with van der Waals surface area (Å²) in [5.41, 5.74) is 0. The van der Waals surface area contributed by atoms with Crippen LogP contribution >= 0.6 is 11.6 Å². The lowest BCUT2D eigenvalue weighted by atomic mass is 10.1. The topological polar surface area (TPSA) is 57.6 Å². The molecule has 1 fully saturated rings. The van der Waals surface area contributed by atoms with E-state index in [1.165, 1.54) is 0 Å². The van der Waals surface area contributed by atoms with Crippen LogP contribution in [-0.2, 0) is 4.79 Å². The Morgan fingerprint density at radius 1 is 1.58 bits per heavy atom. The molecule has 0 radical (unpaired) electrons. The van der Waals surface area contributed by atoms with Crippen molar-refractivity contribution in [2.45, 2.75) is 18.9 Å². The molecule has 1 saturated heterocycles. The quantitative estimate of drug-likeness (QED) is 0.661. The van der Waals surface area contributed by atoms with Crippen LogP contribution in [0.1, 0.15) is 12.8 Å². The van der Waals surface area contributed by atoms with Gasteiger partial charge in [-0.25, -0.2) is 4.79 Å². The molecule has 1 atom stereocenters. The van der Waals surface area contributed by atoms with Gasteiger partial charge in [-0.05, 0) is 12.8 Å². The van der Waals surface area contributed by atoms with Crippen LogP contribution in [0.15, 0.2) is 0 Å². The molecule has 68 valence electrons. The number of likely N-dealkylation sites (tertiary alicyclic amines) is 1. The molecular formula is C7H10ClNO3. The number of hydrogen-bond acceptors (Lipinski definition) is 2. The second-order valence-corrected chi connectivity index (χ2v) is 3.00. The largest absolute Gasteiger partial charge is 0.465 e. The van der Waals surface area contributed by atoms with Gasteiger partial charge in [-0.2, -0.15) is 0 Å². The SMILES string of the molecule is O=C(CCl)C1CCCN1C(=O)O. The van der Waals surface area contributed by atoms with Crippen molar-refractivity contribution in [2.24, 2.45) is 0 Å². The summed E-state index contributed by atoms with van der Waals surface area (Å²) in [7, 11) is 0. The summed E-state index contributed by atoms with van der Waals surface area (Å²) in [4.78, 5) is 22.8. The van der Waals surface area contributed by atoms with Gasteiger partial charge < -0.3 is 5.11 Å². The molecule has 0 aliphatic carbocycles. The molecule has 1 rings (SSSR count). The first-order valence-electron chi connectivity index (χ1n) is 3.75. The molecule has 1 aliphatic heterocycles. The third-order valence-corrected chi connectivity index (χ3v) is 2.27. The van der Waals surface area contributed by atoms with Crippen LogP contribution in [0.3, 0.4) is 0 Å². The predicted molar refractivity (Wildman–Crippen MR) is 43.5 cm³/mol. The number of carbonyl (C=O) groups is 2. The molecule has 0 aromatic heterocycles. The van der Waals surface area contributed by atoms with Crippen molar-refractivity contribution in [1.82, 2.24) is 4.90 Å². The van der Waals surface area contributed by atoms with E-state index in [1.807, 2.05) is 0 Å². The van der Waals surface area contributed by atoms with Gasteiger partial charge in [0.2, 0.25) is 0 Å². The van der Waals surface area contributed by atoms with Crippen molar-refractivity contribution < 1.29 is 14.7 Å². The number of rotatable bonds is 2. The Morgan fingerprint density at radius 2 is 2.25 bits per heavy atom. The average molecular weight is 192 g/mol. The summed E-state index contributed by atoms with van der Waals surface area (Å²) in [6.45, 7) is 0.447. The maximum atomic E-state index is 11.1. The molecule has 0 saturated carbocycles. The highest BCUT2D eigenvalue weighted by Gasteiger charge is 2.32. The van der Waals surface area contributed by atoms with E-state index in [-0.39, 0.29) is 11.7 Å². The van der Waals surface area contributed by atoms with E-state index in [9.17, 15) is 9.59 Å². The Labute approximate surface area is 75.1 Å². The van der Waals surface area contributed by atoms with E-state index in [1.54, 1.807) is 0 Å². The number of amides is 1. The van der Waals surface area contributed by atoms with Gasteiger partial charge in [0.1, 0.15) is 0 Å². The Hall–Kier alpha value is -0.770. The van der Waals surface area contributed by atoms with Crippen LogP contribution in [0.25, 0.3) is 0 Å². The molecule has 12 heavy (non-hydrogen) atoms. The van der Waals surface area contributed by atoms with Crippen molar-refractivity contribution in [3.63, 3.8) is 0 Å². The van der Waals surface area contributed by atoms with Crippen LogP contribution in [0.5, 0.6) is 0 Å². The smallest absolute Gasteiger partial charge is 0.407 e. The van der Waals surface area contributed by atoms with Crippen LogP contribution in [0, 0.1) is 0 Å². The minimum absolute atomic E-state index is 0.103. The third-order valence-electron chi connectivity index (χ3n) is 2.00. The second-order valence-electron chi connectivity index (χ2n) is 2.73. The minimum atomic E-state index is -1.03. The monoisotopic (exact) mass is 191 g/mol. The average Bonchev–Trinajstić information content (AvgIpc) is 2.50. The normalized spacial score (nSPS) is 22.8. The van der Waals surface area contributed by atoms with Gasteiger partial charge in [-0.15, -0.1) is 11.6 Å². The van der Waals surface area contributed by atoms with E-state index in [0.29, 0.717) is 13.0 Å². The first-order valence-corrected chi connectivity index (χ1v) is 4.28. The summed E-state index contributed by atoms with van der Waals surface area (Å²) in [5, 5.41) is 8.66. The van der Waals surface area contributed by atoms with Gasteiger partial charge in [0.05, 0.1) is 11.9 Å². The van der Waals surface area contributed by atoms with Crippen LogP contribution in [0.4, 0.5) is 4.79 Å². The highest BCUT2D eigenvalue weighted by molar-refractivity contribution is 6.28. The molecule has 4 nitrogen and oxygen atoms in total. The Morgan fingerprint density at radius 3 is 2.75 bits per heavy atom. The number of alkyl halides is 1. The summed E-state index contributed by atoms with van der Waals surface area (Å²) < 4.78 is 0. The van der Waals surface area contributed by atoms with Crippen LogP contribution < -0.4 is 0 Å². The van der Waals surface area contributed by atoms with E-state index < -0.39 is 12.1 Å². The molecule has 1 unspecified atom stereocenters. The Bertz CT molecular complexity index is 207. The molecule has 1 N–H and O–H groups in total. The van der Waals surface area contributed by atoms with Crippen LogP contribution in [0.2, 0.25) is 0 Å². The number of hydrogen-bond donors (Lipinski definition) is 1. The molecule has 0 spiro atoms. The molecule has 1 amide bonds. The Balaban J connectivity index is 2.63. The zero-order valence-corrected chi connectivity index (χ0v) is 7.25. The molecule has 1 heterocycles. The first kappa shape index (κ1) is 9.32. The van der Waals surface area contributed by atoms with Crippen molar-refractivity contribution in [2.75, 3.05) is 12.4 Å². The van der Waals surface area contributed by atoms with Crippen molar-refractivity contribution in [1.29, 1.82) is 0 Å². The second kappa shape index (κ2) is 3.76. The molecule has 0 bridgehead atoms. The fourth-order valence-corrected chi connectivity index (χ4v) is 1.60. The van der Waals surface area contributed by atoms with Gasteiger partial charge in [-0.1, -0.05) is 0 Å². The molecular weight excluding hydrogens is 182 g/mol. The maximum Gasteiger partial charge on any atom is 0.407 e. The van der Waals surface area contributed by atoms with E-state index >= 15 is 0 Å². The number of ketones is 1. The van der Waals surface area contributed by atoms with E-state index in [2.05, 4.69) is 0 Å². The molecule has 0 aromatic carbocycles. The number of nitrogens with zero attached hydrogens (tertiary/aromatic N) is 1. The van der Waals surface area contributed by atoms with Gasteiger partial charge in [0.25, 0.3) is 0 Å². The minimum Gasteiger partial charge on any atom is -0.465 e. The van der Waals surface area contributed by atoms with Crippen molar-refractivity contribution in [3.8, 4) is 0 Å². The zero-order valence-electron chi connectivity index (χ0n) is 6.49. The van der Waals surface area contributed by atoms with Crippen molar-refractivity contribution in [3.05, 3.63) is 0 Å². The number of carbonyl (C=O) groups excluding carboxylic acids is 1. The Kier molecular flexibility index (Phi) is 2.92. The molecule has 0 aromatic rings. The summed E-state index contributed by atoms with van der Waals surface area (Å²) in [6.07, 6.45) is 0.327. The lowest BCUT2D eigenvalue weighted by Gasteiger charge is -2.18. The fraction of sp³-hybridized carbons (Fsp3) is 0.714. The standard InChI is InChI=1S/C7H10ClNO3/c8-4-6(10)5-2-1-3-9(5)7(11)12/h5H,1-4H2,(H,11,12). The third kappa shape index (κ3) is 1.69. The fourth-order valence-electron chi connectivity index (χ4n) is 1.42. The number of halogens is 1. The van der Waals surface area contributed by atoms with Gasteiger partial charge >= 0.3 is 6.09 Å². The maximum absolute atomic E-state index is 11.1. The lowest BCUT2D eigenvalue weighted by Crippen LogP contribution is -2.40. The van der Waals surface area contributed by atoms with E-state index in [0.717, 1.165) is 11.3 Å². The highest BCUT2D eigenvalue weighted by atomic mass is 35.5. The summed E-state index contributed by atoms with van der Waals surface area (Å²) in [6, 6.07) is -0.500. The van der Waals surface area contributed by atoms with E-state index in [4.69, 9.17) is 16.7 Å². The number of Topliss-reactive ketones (excluding diaryl/α,β-unsaturated/α-hetero) is 1. The van der Waals surface area contributed by atoms with Crippen LogP contribution in [-0.4, -0.2) is 40.3 Å². The highest BCUT2D eigenvalue weighted by Crippen LogP contribution is 2.18. The van der Waals surface area contributed by atoms with Gasteiger partial charge in [0.15, 0.2) is 5.78 Å². The lowest BCUT2D eigenvalue weighted by molar-refractivity contribution is -0.120. The number of carboxylic acid groups (broad SMARTS) is 1. The summed E-state index contributed by atoms with van der Waals surface area (Å²) >= 11 is 5.33. The van der Waals surface area contributed by atoms with Crippen molar-refractivity contribution >= 4 is 23.5 Å². The zero-order chi connectivity index (χ0) is 9.14. The van der Waals surface area contributed by atoms with Gasteiger partial charge in [-0.3, -0.25) is 9.69 Å². The molecule has 5 heteroatoms. The summed E-state index contributed by atoms with van der Waals surface area (Å²) in [5.74, 6) is -0.300. The van der Waals surface area contributed by atoms with Gasteiger partial charge in [0, 0.05) is 6.54 Å². The first-order chi connectivity index (χ1) is 5.66.